The molecule has 6 heterocycles. The van der Waals surface area contributed by atoms with Gasteiger partial charge in [-0.1, -0.05) is 25.5 Å². The van der Waals surface area contributed by atoms with Crippen LogP contribution in [0.2, 0.25) is 0 Å². The molecule has 2 aromatic rings. The van der Waals surface area contributed by atoms with E-state index < -0.39 is 66.0 Å². The van der Waals surface area contributed by atoms with Crippen molar-refractivity contribution in [2.75, 3.05) is 78.1 Å². The number of ether oxygens (including phenoxy) is 3. The number of fused-ring (bicyclic) bond motifs is 4. The number of H-pyrrole nitrogens is 1. The number of nitrogens with two attached hydrogens (primary N) is 1. The zero-order valence-electron chi connectivity index (χ0n) is 48.3. The largest absolute Gasteiger partial charge is 0.391 e. The van der Waals surface area contributed by atoms with E-state index in [1.54, 1.807) is 17.1 Å². The molecule has 4 aliphatic heterocycles. The van der Waals surface area contributed by atoms with E-state index in [4.69, 9.17) is 19.9 Å². The predicted octanol–water partition coefficient (Wildman–Crippen LogP) is -1.97. The van der Waals surface area contributed by atoms with Gasteiger partial charge in [0.1, 0.15) is 24.2 Å². The summed E-state index contributed by atoms with van der Waals surface area (Å²) in [5.74, 6) is -2.52. The Hall–Kier alpha value is -5.98. The van der Waals surface area contributed by atoms with Gasteiger partial charge in [-0.05, 0) is 83.6 Å². The fraction of sp³-hybridized carbons (Fsp3) is 0.759. The minimum Gasteiger partial charge on any atom is -0.391 e. The third kappa shape index (κ3) is 22.8. The van der Waals surface area contributed by atoms with Crippen LogP contribution in [0.4, 0.5) is 4.79 Å². The van der Waals surface area contributed by atoms with Crippen molar-refractivity contribution in [3.63, 3.8) is 0 Å². The van der Waals surface area contributed by atoms with E-state index in [1.165, 1.54) is 13.3 Å². The molecule has 10 atom stereocenters. The van der Waals surface area contributed by atoms with Crippen LogP contribution in [-0.4, -0.2) is 220 Å². The Morgan fingerprint density at radius 3 is 2.24 bits per heavy atom. The quantitative estimate of drug-likeness (QED) is 0.0379. The van der Waals surface area contributed by atoms with Crippen molar-refractivity contribution in [3.8, 4) is 0 Å². The van der Waals surface area contributed by atoms with Crippen LogP contribution >= 0.6 is 11.8 Å². The van der Waals surface area contributed by atoms with Crippen molar-refractivity contribution in [2.45, 2.75) is 177 Å². The number of aliphatic hydroxyl groups is 1. The molecule has 2 aromatic heterocycles. The number of aromatic amines is 1. The molecule has 29 heteroatoms. The van der Waals surface area contributed by atoms with Gasteiger partial charge >= 0.3 is 6.03 Å². The lowest BCUT2D eigenvalue weighted by atomic mass is 10.0. The van der Waals surface area contributed by atoms with Crippen LogP contribution in [0.5, 0.6) is 0 Å². The maximum Gasteiger partial charge on any atom is 0.315 e. The minimum absolute atomic E-state index is 0.0119. The Morgan fingerprint density at radius 1 is 0.783 bits per heavy atom. The predicted molar refractivity (Wildman–Crippen MR) is 306 cm³/mol. The minimum atomic E-state index is -1.48. The van der Waals surface area contributed by atoms with Crippen LogP contribution < -0.4 is 53.6 Å². The van der Waals surface area contributed by atoms with Gasteiger partial charge in [0.25, 0.3) is 0 Å². The number of carbonyl (C=O) groups is 8. The highest BCUT2D eigenvalue weighted by Crippen LogP contribution is 2.33. The van der Waals surface area contributed by atoms with E-state index in [0.29, 0.717) is 134 Å². The number of aryl methyl sites for hydroxylation is 1. The summed E-state index contributed by atoms with van der Waals surface area (Å²) in [6.45, 7) is 9.73. The Labute approximate surface area is 489 Å². The number of thioether (sulfide) groups is 1. The maximum atomic E-state index is 14.0. The first-order valence-electron chi connectivity index (χ1n) is 29.5. The van der Waals surface area contributed by atoms with Crippen LogP contribution in [0, 0.1) is 5.92 Å². The van der Waals surface area contributed by atoms with Crippen LogP contribution in [0.3, 0.4) is 0 Å². The molecule has 0 aliphatic carbocycles. The van der Waals surface area contributed by atoms with Gasteiger partial charge in [-0.3, -0.25) is 43.1 Å². The topological polar surface area (TPSA) is 381 Å². The van der Waals surface area contributed by atoms with Gasteiger partial charge in [-0.15, -0.1) is 5.10 Å². The molecule has 0 spiro atoms. The maximum absolute atomic E-state index is 14.0. The molecule has 6 rings (SSSR count). The van der Waals surface area contributed by atoms with E-state index in [1.807, 2.05) is 30.5 Å². The normalized spacial score (nSPS) is 25.8. The molecule has 83 heavy (non-hydrogen) atoms. The Kier molecular flexibility index (Phi) is 28.2. The van der Waals surface area contributed by atoms with Crippen molar-refractivity contribution in [1.29, 1.82) is 0 Å². The molecule has 464 valence electrons. The van der Waals surface area contributed by atoms with E-state index in [-0.39, 0.29) is 67.6 Å². The lowest BCUT2D eigenvalue weighted by Crippen LogP contribution is -2.60. The molecule has 28 nitrogen and oxygen atoms in total. The number of amides is 9. The number of aliphatic hydroxyl groups excluding tert-OH is 1. The van der Waals surface area contributed by atoms with Crippen molar-refractivity contribution >= 4 is 59.1 Å². The zero-order chi connectivity index (χ0) is 59.5. The van der Waals surface area contributed by atoms with E-state index in [0.717, 1.165) is 31.4 Å². The van der Waals surface area contributed by atoms with Crippen molar-refractivity contribution in [1.82, 2.24) is 77.7 Å². The van der Waals surface area contributed by atoms with Crippen LogP contribution in [-0.2, 0) is 67.2 Å². The second-order valence-corrected chi connectivity index (χ2v) is 23.4. The summed E-state index contributed by atoms with van der Waals surface area (Å²) in [6, 6.07) is -6.04. The molecule has 2 bridgehead atoms. The number of carbonyl (C=O) groups excluding carboxylic acids is 8. The standard InChI is InChI=1S/C54H90N16O12S/c1-34(2)27-40-51(76)62-41(29-36-30-56-33-60-36)50(75)59-17-20-69-18-8-12-43(69)52(77)61-39(11-6-7-19-70-31-37(67-68-70)28-38(55)48(73)65-46(35(3)71)53(78)63-40)49(74)58-16-10-22-81-24-26-82-25-23-80-21-9-15-57-45(72)14-5-4-13-44-47-42(32-83-44)64-54(79)66-47/h30-31,33-35,38-44,46-47,71H,4-29,32,55H2,1-3H3,(H,56,60)(H,57,72)(H,58,74)(H,59,75)(H,61,77)(H,62,76)(H,63,78)(H,65,73)(H2,64,66,79)/t35-,38-,39-,40-,41-,42+,43?,44?,46-,47+/m0/s1. The first kappa shape index (κ1) is 66.2. The van der Waals surface area contributed by atoms with E-state index in [9.17, 15) is 43.5 Å². The number of nitrogens with one attached hydrogen (secondary N) is 10. The van der Waals surface area contributed by atoms with Gasteiger partial charge in [0.15, 0.2) is 0 Å². The van der Waals surface area contributed by atoms with E-state index in [2.05, 4.69) is 68.1 Å². The molecule has 3 fully saturated rings. The molecular weight excluding hydrogens is 1100 g/mol. The molecule has 0 saturated carbocycles. The highest BCUT2D eigenvalue weighted by atomic mass is 32.2. The Balaban J connectivity index is 0.932. The number of hydrogen-bond donors (Lipinski definition) is 12. The molecule has 13 N–H and O–H groups in total. The first-order valence-corrected chi connectivity index (χ1v) is 30.6. The molecular formula is C54H90N16O12S. The molecule has 9 amide bonds. The number of aromatic nitrogens is 5. The van der Waals surface area contributed by atoms with Gasteiger partial charge in [0.05, 0.1) is 74.4 Å². The number of hydrogen-bond acceptors (Lipinski definition) is 18. The summed E-state index contributed by atoms with van der Waals surface area (Å²) in [4.78, 5) is 116. The Bertz CT molecular complexity index is 2370. The van der Waals surface area contributed by atoms with E-state index >= 15 is 0 Å². The lowest BCUT2D eigenvalue weighted by molar-refractivity contribution is -0.135. The monoisotopic (exact) mass is 1190 g/mol. The number of unbranched alkanes of at least 4 members (excludes halogenated alkanes) is 1. The van der Waals surface area contributed by atoms with Gasteiger partial charge < -0.3 is 77.9 Å². The lowest BCUT2D eigenvalue weighted by Gasteiger charge is -2.28. The second kappa shape index (κ2) is 35.3. The van der Waals surface area contributed by atoms with Gasteiger partial charge in [0, 0.05) is 88.6 Å². The summed E-state index contributed by atoms with van der Waals surface area (Å²) in [7, 11) is 0. The SMILES string of the molecule is CC(C)C[C@@H]1NC(=O)[C@H]([C@H](C)O)NC(=O)[C@@H](N)Cc2cn(nn2)CCCC[C@@H](C(=O)NCCCOCCOCCOCCCNC(=O)CCCCC2SC[C@H]3NC(=O)N[C@@H]23)NC(=O)C2CCCN2CCNC(=O)[C@H](Cc2c[nH]cn2)NC1=O. The van der Waals surface area contributed by atoms with Gasteiger partial charge in [0.2, 0.25) is 41.4 Å². The molecule has 4 aliphatic rings. The van der Waals surface area contributed by atoms with Gasteiger partial charge in [-0.2, -0.15) is 11.8 Å². The highest BCUT2D eigenvalue weighted by molar-refractivity contribution is 8.00. The summed E-state index contributed by atoms with van der Waals surface area (Å²) >= 11 is 1.88. The smallest absolute Gasteiger partial charge is 0.315 e. The zero-order valence-corrected chi connectivity index (χ0v) is 49.2. The summed E-state index contributed by atoms with van der Waals surface area (Å²) in [5, 5.41) is 45.2. The fourth-order valence-corrected chi connectivity index (χ4v) is 11.9. The molecule has 3 saturated heterocycles. The first-order chi connectivity index (χ1) is 40.0. The van der Waals surface area contributed by atoms with Gasteiger partial charge in [-0.25, -0.2) is 9.78 Å². The number of nitrogens with zero attached hydrogens (tertiary/aromatic N) is 5. The molecule has 0 radical (unpaired) electrons. The van der Waals surface area contributed by atoms with Crippen LogP contribution in [0.25, 0.3) is 0 Å². The average molecular weight is 1190 g/mol. The number of urea groups is 1. The van der Waals surface area contributed by atoms with Crippen molar-refractivity contribution in [3.05, 3.63) is 30.1 Å². The third-order valence-corrected chi connectivity index (χ3v) is 16.4. The summed E-state index contributed by atoms with van der Waals surface area (Å²) in [5.41, 5.74) is 7.17. The second-order valence-electron chi connectivity index (χ2n) is 22.1. The fourth-order valence-electron chi connectivity index (χ4n) is 10.4. The summed E-state index contributed by atoms with van der Waals surface area (Å²) < 4.78 is 18.6. The summed E-state index contributed by atoms with van der Waals surface area (Å²) in [6.07, 6.45) is 10.6. The van der Waals surface area contributed by atoms with Crippen LogP contribution in [0.1, 0.15) is 109 Å². The molecule has 2 unspecified atom stereocenters. The highest BCUT2D eigenvalue weighted by Gasteiger charge is 2.43. The average Bonchev–Trinajstić information content (AvgIpc) is 4.35. The number of imidazole rings is 1. The Morgan fingerprint density at radius 2 is 1.52 bits per heavy atom. The third-order valence-electron chi connectivity index (χ3n) is 14.9. The number of rotatable bonds is 25. The van der Waals surface area contributed by atoms with Crippen molar-refractivity contribution in [2.24, 2.45) is 11.7 Å². The molecule has 0 aromatic carbocycles. The van der Waals surface area contributed by atoms with Crippen LogP contribution in [0.15, 0.2) is 18.7 Å². The van der Waals surface area contributed by atoms with Crippen molar-refractivity contribution < 1.29 is 57.7 Å².